The van der Waals surface area contributed by atoms with E-state index in [1.165, 1.54) is 24.7 Å². The first-order valence-electron chi connectivity index (χ1n) is 9.20. The third-order valence-electron chi connectivity index (χ3n) is 5.39. The number of aryl methyl sites for hydroxylation is 1. The Kier molecular flexibility index (Phi) is 5.67. The monoisotopic (exact) mass is 386 g/mol. The van der Waals surface area contributed by atoms with Gasteiger partial charge in [-0.1, -0.05) is 37.3 Å². The normalized spacial score (nSPS) is 20.0. The van der Waals surface area contributed by atoms with Crippen molar-refractivity contribution in [3.05, 3.63) is 65.7 Å². The zero-order chi connectivity index (χ0) is 19.5. The summed E-state index contributed by atoms with van der Waals surface area (Å²) in [7, 11) is -2.12. The summed E-state index contributed by atoms with van der Waals surface area (Å²) < 4.78 is 25.9. The molecule has 2 aromatic carbocycles. The van der Waals surface area contributed by atoms with Gasteiger partial charge in [-0.2, -0.15) is 0 Å². The Labute approximate surface area is 161 Å². The SMILES string of the molecule is CNS(=O)(=O)c1ccc(C(=O)N2CCC(C)(CCc3ccccc3)C2)cc1. The number of carbonyl (C=O) groups is 1. The molecule has 0 aromatic heterocycles. The van der Waals surface area contributed by atoms with Crippen LogP contribution in [0.3, 0.4) is 0 Å². The standard InChI is InChI=1S/C21H26N2O3S/c1-21(13-12-17-6-4-3-5-7-17)14-15-23(16-21)20(24)18-8-10-19(11-9-18)27(25,26)22-2/h3-11,22H,12-16H2,1-2H3. The van der Waals surface area contributed by atoms with Crippen LogP contribution in [0, 0.1) is 5.41 Å². The predicted molar refractivity (Wildman–Crippen MR) is 106 cm³/mol. The van der Waals surface area contributed by atoms with Crippen molar-refractivity contribution >= 4 is 15.9 Å². The molecule has 27 heavy (non-hydrogen) atoms. The van der Waals surface area contributed by atoms with Gasteiger partial charge in [0, 0.05) is 18.7 Å². The minimum absolute atomic E-state index is 0.0353. The van der Waals surface area contributed by atoms with Gasteiger partial charge in [0.25, 0.3) is 5.91 Å². The van der Waals surface area contributed by atoms with Gasteiger partial charge >= 0.3 is 0 Å². The predicted octanol–water partition coefficient (Wildman–Crippen LogP) is 3.08. The van der Waals surface area contributed by atoms with Crippen LogP contribution in [0.5, 0.6) is 0 Å². The molecule has 5 nitrogen and oxygen atoms in total. The van der Waals surface area contributed by atoms with E-state index in [1.807, 2.05) is 11.0 Å². The zero-order valence-corrected chi connectivity index (χ0v) is 16.6. The molecule has 1 aliphatic rings. The molecule has 1 amide bonds. The molecule has 0 saturated carbocycles. The van der Waals surface area contributed by atoms with Crippen LogP contribution in [0.15, 0.2) is 59.5 Å². The topological polar surface area (TPSA) is 66.5 Å². The van der Waals surface area contributed by atoms with Crippen LogP contribution in [0.25, 0.3) is 0 Å². The molecule has 6 heteroatoms. The minimum Gasteiger partial charge on any atom is -0.338 e. The number of hydrogen-bond acceptors (Lipinski definition) is 3. The number of nitrogens with zero attached hydrogens (tertiary/aromatic N) is 1. The quantitative estimate of drug-likeness (QED) is 0.830. The Bertz CT molecular complexity index is 895. The zero-order valence-electron chi connectivity index (χ0n) is 15.8. The Morgan fingerprint density at radius 3 is 2.41 bits per heavy atom. The van der Waals surface area contributed by atoms with Crippen LogP contribution >= 0.6 is 0 Å². The van der Waals surface area contributed by atoms with Gasteiger partial charge < -0.3 is 4.90 Å². The van der Waals surface area contributed by atoms with Gasteiger partial charge in [0.1, 0.15) is 0 Å². The van der Waals surface area contributed by atoms with Crippen LogP contribution < -0.4 is 4.72 Å². The Hall–Kier alpha value is -2.18. The summed E-state index contributed by atoms with van der Waals surface area (Å²) in [4.78, 5) is 14.8. The number of benzene rings is 2. The van der Waals surface area contributed by atoms with Crippen molar-refractivity contribution in [1.29, 1.82) is 0 Å². The van der Waals surface area contributed by atoms with Gasteiger partial charge in [-0.3, -0.25) is 4.79 Å². The molecule has 1 aliphatic heterocycles. The van der Waals surface area contributed by atoms with E-state index >= 15 is 0 Å². The third kappa shape index (κ3) is 4.57. The second kappa shape index (κ2) is 7.82. The van der Waals surface area contributed by atoms with E-state index in [9.17, 15) is 13.2 Å². The van der Waals surface area contributed by atoms with E-state index in [2.05, 4.69) is 35.9 Å². The van der Waals surface area contributed by atoms with Crippen molar-refractivity contribution < 1.29 is 13.2 Å². The summed E-state index contributed by atoms with van der Waals surface area (Å²) in [6.45, 7) is 3.71. The molecule has 2 aromatic rings. The third-order valence-corrected chi connectivity index (χ3v) is 6.82. The van der Waals surface area contributed by atoms with Crippen molar-refractivity contribution in [3.8, 4) is 0 Å². The first-order valence-corrected chi connectivity index (χ1v) is 10.7. The lowest BCUT2D eigenvalue weighted by Crippen LogP contribution is -2.31. The molecule has 1 heterocycles. The van der Waals surface area contributed by atoms with E-state index < -0.39 is 10.0 Å². The highest BCUT2D eigenvalue weighted by Gasteiger charge is 2.35. The lowest BCUT2D eigenvalue weighted by atomic mass is 9.83. The largest absolute Gasteiger partial charge is 0.338 e. The number of carbonyl (C=O) groups excluding carboxylic acids is 1. The average Bonchev–Trinajstić information content (AvgIpc) is 3.09. The van der Waals surface area contributed by atoms with Gasteiger partial charge in [0.05, 0.1) is 4.90 Å². The summed E-state index contributed by atoms with van der Waals surface area (Å²) in [5, 5.41) is 0. The van der Waals surface area contributed by atoms with Crippen LogP contribution in [-0.4, -0.2) is 39.4 Å². The smallest absolute Gasteiger partial charge is 0.253 e. The van der Waals surface area contributed by atoms with E-state index in [1.54, 1.807) is 12.1 Å². The van der Waals surface area contributed by atoms with Crippen molar-refractivity contribution in [2.45, 2.75) is 31.1 Å². The number of nitrogens with one attached hydrogen (secondary N) is 1. The van der Waals surface area contributed by atoms with E-state index in [-0.39, 0.29) is 16.2 Å². The second-order valence-electron chi connectivity index (χ2n) is 7.50. The molecule has 0 spiro atoms. The summed E-state index contributed by atoms with van der Waals surface area (Å²) in [5.74, 6) is -0.0353. The van der Waals surface area contributed by atoms with Crippen molar-refractivity contribution in [2.24, 2.45) is 5.41 Å². The molecule has 3 rings (SSSR count). The fourth-order valence-corrected chi connectivity index (χ4v) is 4.30. The second-order valence-corrected chi connectivity index (χ2v) is 9.39. The number of likely N-dealkylation sites (tertiary alicyclic amines) is 1. The highest BCUT2D eigenvalue weighted by molar-refractivity contribution is 7.89. The summed E-state index contributed by atoms with van der Waals surface area (Å²) in [6.07, 6.45) is 3.04. The molecule has 1 N–H and O–H groups in total. The lowest BCUT2D eigenvalue weighted by molar-refractivity contribution is 0.0773. The maximum atomic E-state index is 12.8. The highest BCUT2D eigenvalue weighted by atomic mass is 32.2. The van der Waals surface area contributed by atoms with Crippen LogP contribution in [0.4, 0.5) is 0 Å². The van der Waals surface area contributed by atoms with Gasteiger partial charge in [0.15, 0.2) is 0 Å². The molecular weight excluding hydrogens is 360 g/mol. The molecule has 1 saturated heterocycles. The van der Waals surface area contributed by atoms with Crippen molar-refractivity contribution in [1.82, 2.24) is 9.62 Å². The summed E-state index contributed by atoms with van der Waals surface area (Å²) in [6, 6.07) is 16.5. The average molecular weight is 387 g/mol. The van der Waals surface area contributed by atoms with Gasteiger partial charge in [0.2, 0.25) is 10.0 Å². The molecule has 1 unspecified atom stereocenters. The van der Waals surface area contributed by atoms with Crippen LogP contribution in [-0.2, 0) is 16.4 Å². The van der Waals surface area contributed by atoms with Crippen LogP contribution in [0.2, 0.25) is 0 Å². The molecule has 0 radical (unpaired) electrons. The Balaban J connectivity index is 1.63. The molecule has 0 bridgehead atoms. The number of hydrogen-bond donors (Lipinski definition) is 1. The first-order chi connectivity index (χ1) is 12.8. The minimum atomic E-state index is -3.49. The van der Waals surface area contributed by atoms with Crippen molar-refractivity contribution in [3.63, 3.8) is 0 Å². The first kappa shape index (κ1) is 19.6. The molecule has 144 valence electrons. The van der Waals surface area contributed by atoms with E-state index in [0.29, 0.717) is 5.56 Å². The summed E-state index contributed by atoms with van der Waals surface area (Å²) >= 11 is 0. The number of rotatable bonds is 6. The molecule has 0 aliphatic carbocycles. The molecule has 1 fully saturated rings. The maximum absolute atomic E-state index is 12.8. The number of sulfonamides is 1. The number of amides is 1. The molecule has 1 atom stereocenters. The molecular formula is C21H26N2O3S. The highest BCUT2D eigenvalue weighted by Crippen LogP contribution is 2.35. The van der Waals surface area contributed by atoms with Gasteiger partial charge in [-0.25, -0.2) is 13.1 Å². The van der Waals surface area contributed by atoms with Gasteiger partial charge in [-0.05, 0) is 61.6 Å². The van der Waals surface area contributed by atoms with Gasteiger partial charge in [-0.15, -0.1) is 0 Å². The Morgan fingerprint density at radius 2 is 1.78 bits per heavy atom. The lowest BCUT2D eigenvalue weighted by Gasteiger charge is -2.25. The fourth-order valence-electron chi connectivity index (χ4n) is 3.57. The van der Waals surface area contributed by atoms with Crippen molar-refractivity contribution in [2.75, 3.05) is 20.1 Å². The van der Waals surface area contributed by atoms with Crippen LogP contribution in [0.1, 0.15) is 35.7 Å². The summed E-state index contributed by atoms with van der Waals surface area (Å²) in [5.41, 5.74) is 1.96. The Morgan fingerprint density at radius 1 is 1.11 bits per heavy atom. The van der Waals surface area contributed by atoms with E-state index in [0.717, 1.165) is 32.4 Å². The van der Waals surface area contributed by atoms with E-state index in [4.69, 9.17) is 0 Å². The maximum Gasteiger partial charge on any atom is 0.253 e. The fraction of sp³-hybridized carbons (Fsp3) is 0.381.